The third-order valence-corrected chi connectivity index (χ3v) is 5.49. The van der Waals surface area contributed by atoms with Crippen molar-refractivity contribution in [2.75, 3.05) is 0 Å². The molecule has 0 heteroatoms. The largest absolute Gasteiger partial charge is 0.0654 e. The molecule has 0 nitrogen and oxygen atoms in total. The summed E-state index contributed by atoms with van der Waals surface area (Å²) in [6, 6.07) is 0. The van der Waals surface area contributed by atoms with Gasteiger partial charge in [0.2, 0.25) is 0 Å². The average Bonchev–Trinajstić information content (AvgIpc) is 3.06. The molecular formula is C15H28. The maximum absolute atomic E-state index is 2.42. The van der Waals surface area contributed by atoms with E-state index in [-0.39, 0.29) is 0 Å². The van der Waals surface area contributed by atoms with Gasteiger partial charge in [0.25, 0.3) is 0 Å². The lowest BCUT2D eigenvalue weighted by Crippen LogP contribution is -2.24. The summed E-state index contributed by atoms with van der Waals surface area (Å²) < 4.78 is 0. The first-order valence-electron chi connectivity index (χ1n) is 7.14. The monoisotopic (exact) mass is 208 g/mol. The van der Waals surface area contributed by atoms with Gasteiger partial charge >= 0.3 is 0 Å². The van der Waals surface area contributed by atoms with Gasteiger partial charge in [-0.25, -0.2) is 0 Å². The molecule has 0 aromatic carbocycles. The first-order chi connectivity index (χ1) is 7.14. The summed E-state index contributed by atoms with van der Waals surface area (Å²) >= 11 is 0. The van der Waals surface area contributed by atoms with Crippen molar-refractivity contribution in [3.8, 4) is 0 Å². The fourth-order valence-electron chi connectivity index (χ4n) is 4.71. The Balaban J connectivity index is 1.90. The average molecular weight is 208 g/mol. The van der Waals surface area contributed by atoms with Gasteiger partial charge in [0.05, 0.1) is 0 Å². The number of hydrogen-bond acceptors (Lipinski definition) is 0. The topological polar surface area (TPSA) is 0 Å². The van der Waals surface area contributed by atoms with Crippen LogP contribution in [0.15, 0.2) is 0 Å². The second-order valence-electron chi connectivity index (χ2n) is 6.28. The highest BCUT2D eigenvalue weighted by Crippen LogP contribution is 2.86. The molecule has 2 aliphatic rings. The van der Waals surface area contributed by atoms with E-state index in [4.69, 9.17) is 0 Å². The molecule has 0 aromatic rings. The standard InChI is InChI=1S/C15H28/c1-6-9-15(8-3)13-12(14(13)15)11(7-2)10(4)5/h10-14H,6-9H2,1-5H3. The van der Waals surface area contributed by atoms with Gasteiger partial charge in [-0.1, -0.05) is 47.5 Å². The Kier molecular flexibility index (Phi) is 2.90. The minimum atomic E-state index is 0.835. The van der Waals surface area contributed by atoms with Crippen LogP contribution in [0.5, 0.6) is 0 Å². The molecule has 0 spiro atoms. The van der Waals surface area contributed by atoms with E-state index in [0.717, 1.165) is 35.0 Å². The third kappa shape index (κ3) is 1.47. The van der Waals surface area contributed by atoms with Crippen LogP contribution in [0, 0.1) is 35.0 Å². The summed E-state index contributed by atoms with van der Waals surface area (Å²) in [5.41, 5.74) is 0.835. The van der Waals surface area contributed by atoms with Gasteiger partial charge in [-0.3, -0.25) is 0 Å². The second-order valence-corrected chi connectivity index (χ2v) is 6.28. The predicted molar refractivity (Wildman–Crippen MR) is 66.7 cm³/mol. The molecule has 0 N–H and O–H groups in total. The lowest BCUT2D eigenvalue weighted by atomic mass is 9.74. The molecule has 2 fully saturated rings. The zero-order valence-electron chi connectivity index (χ0n) is 11.2. The van der Waals surface area contributed by atoms with Crippen molar-refractivity contribution in [1.82, 2.24) is 0 Å². The van der Waals surface area contributed by atoms with Crippen molar-refractivity contribution in [1.29, 1.82) is 0 Å². The van der Waals surface area contributed by atoms with Gasteiger partial charge in [-0.05, 0) is 47.8 Å². The van der Waals surface area contributed by atoms with E-state index in [1.807, 2.05) is 0 Å². The second kappa shape index (κ2) is 3.79. The molecule has 3 atom stereocenters. The van der Waals surface area contributed by atoms with E-state index in [9.17, 15) is 0 Å². The van der Waals surface area contributed by atoms with Crippen LogP contribution in [0.2, 0.25) is 0 Å². The molecule has 0 heterocycles. The molecule has 0 amide bonds. The van der Waals surface area contributed by atoms with Crippen molar-refractivity contribution >= 4 is 0 Å². The first-order valence-corrected chi connectivity index (χ1v) is 7.14. The van der Waals surface area contributed by atoms with Crippen molar-refractivity contribution in [3.63, 3.8) is 0 Å². The maximum Gasteiger partial charge on any atom is -0.0232 e. The number of rotatable bonds is 6. The van der Waals surface area contributed by atoms with Crippen LogP contribution >= 0.6 is 0 Å². The Bertz CT molecular complexity index is 218. The van der Waals surface area contributed by atoms with E-state index in [1.54, 1.807) is 0 Å². The summed E-state index contributed by atoms with van der Waals surface area (Å²) in [5.74, 6) is 5.35. The Morgan fingerprint density at radius 2 is 1.67 bits per heavy atom. The van der Waals surface area contributed by atoms with Gasteiger partial charge in [0.15, 0.2) is 0 Å². The number of hydrogen-bond donors (Lipinski definition) is 0. The van der Waals surface area contributed by atoms with E-state index in [2.05, 4.69) is 34.6 Å². The van der Waals surface area contributed by atoms with Crippen molar-refractivity contribution in [2.24, 2.45) is 35.0 Å². The lowest BCUT2D eigenvalue weighted by molar-refractivity contribution is 0.175. The normalized spacial score (nSPS) is 44.0. The Hall–Kier alpha value is 0. The van der Waals surface area contributed by atoms with Crippen molar-refractivity contribution in [3.05, 3.63) is 0 Å². The van der Waals surface area contributed by atoms with Gasteiger partial charge in [0.1, 0.15) is 0 Å². The molecule has 0 aliphatic heterocycles. The molecule has 0 saturated heterocycles. The van der Waals surface area contributed by atoms with E-state index >= 15 is 0 Å². The zero-order chi connectivity index (χ0) is 11.2. The summed E-state index contributed by atoms with van der Waals surface area (Å²) in [5, 5.41) is 0. The van der Waals surface area contributed by atoms with Gasteiger partial charge < -0.3 is 0 Å². The fourth-order valence-corrected chi connectivity index (χ4v) is 4.71. The molecule has 0 aromatic heterocycles. The summed E-state index contributed by atoms with van der Waals surface area (Å²) in [4.78, 5) is 0. The Morgan fingerprint density at radius 3 is 2.00 bits per heavy atom. The van der Waals surface area contributed by atoms with Gasteiger partial charge in [-0.2, -0.15) is 0 Å². The van der Waals surface area contributed by atoms with Crippen LogP contribution in [0.4, 0.5) is 0 Å². The maximum atomic E-state index is 2.42. The Labute approximate surface area is 95.8 Å². The molecule has 2 aliphatic carbocycles. The minimum Gasteiger partial charge on any atom is -0.0654 e. The Morgan fingerprint density at radius 1 is 1.07 bits per heavy atom. The fraction of sp³-hybridized carbons (Fsp3) is 1.00. The number of fused-ring (bicyclic) bond motifs is 1. The molecule has 0 bridgehead atoms. The van der Waals surface area contributed by atoms with E-state index in [0.29, 0.717) is 0 Å². The zero-order valence-corrected chi connectivity index (χ0v) is 11.2. The molecule has 88 valence electrons. The molecule has 2 saturated carbocycles. The molecule has 2 rings (SSSR count). The molecule has 15 heavy (non-hydrogen) atoms. The van der Waals surface area contributed by atoms with Crippen LogP contribution in [0.1, 0.15) is 60.3 Å². The third-order valence-electron chi connectivity index (χ3n) is 5.49. The smallest absolute Gasteiger partial charge is 0.0232 e. The summed E-state index contributed by atoms with van der Waals surface area (Å²) in [7, 11) is 0. The first kappa shape index (κ1) is 11.5. The molecule has 0 radical (unpaired) electrons. The van der Waals surface area contributed by atoms with E-state index < -0.39 is 0 Å². The van der Waals surface area contributed by atoms with Gasteiger partial charge in [0, 0.05) is 0 Å². The van der Waals surface area contributed by atoms with Crippen LogP contribution < -0.4 is 0 Å². The van der Waals surface area contributed by atoms with Crippen LogP contribution in [-0.4, -0.2) is 0 Å². The quantitative estimate of drug-likeness (QED) is 0.591. The highest BCUT2D eigenvalue weighted by molar-refractivity contribution is 5.29. The van der Waals surface area contributed by atoms with Crippen LogP contribution in [0.25, 0.3) is 0 Å². The van der Waals surface area contributed by atoms with Crippen molar-refractivity contribution in [2.45, 2.75) is 60.3 Å². The summed E-state index contributed by atoms with van der Waals surface area (Å²) in [6.45, 7) is 12.0. The SMILES string of the molecule is CCCC1(CC)C2C(C(CC)C(C)C)C21. The van der Waals surface area contributed by atoms with Crippen LogP contribution in [-0.2, 0) is 0 Å². The molecular weight excluding hydrogens is 180 g/mol. The summed E-state index contributed by atoms with van der Waals surface area (Å²) in [6.07, 6.45) is 5.75. The highest BCUT2D eigenvalue weighted by atomic mass is 14.9. The highest BCUT2D eigenvalue weighted by Gasteiger charge is 2.82. The van der Waals surface area contributed by atoms with E-state index in [1.165, 1.54) is 25.7 Å². The van der Waals surface area contributed by atoms with Crippen LogP contribution in [0.3, 0.4) is 0 Å². The lowest BCUT2D eigenvalue weighted by Gasteiger charge is -2.31. The van der Waals surface area contributed by atoms with Gasteiger partial charge in [-0.15, -0.1) is 0 Å². The van der Waals surface area contributed by atoms with Crippen molar-refractivity contribution < 1.29 is 0 Å². The minimum absolute atomic E-state index is 0.835. The molecule has 3 unspecified atom stereocenters. The predicted octanol–water partition coefficient (Wildman–Crippen LogP) is 4.74.